The first-order valence-corrected chi connectivity index (χ1v) is 4.82. The van der Waals surface area contributed by atoms with E-state index in [1.54, 1.807) is 13.8 Å². The maximum absolute atomic E-state index is 11.5. The van der Waals surface area contributed by atoms with E-state index in [9.17, 15) is 4.79 Å². The van der Waals surface area contributed by atoms with Crippen molar-refractivity contribution >= 4 is 5.91 Å². The Bertz CT molecular complexity index is 196. The third-order valence-corrected chi connectivity index (χ3v) is 2.32. The van der Waals surface area contributed by atoms with E-state index in [0.29, 0.717) is 0 Å². The first-order valence-electron chi connectivity index (χ1n) is 4.82. The molecular formula is C9H20N2O4. The number of nitrogens with one attached hydrogen (secondary N) is 1. The fraction of sp³-hybridized carbons (Fsp3) is 0.889. The van der Waals surface area contributed by atoms with Crippen LogP contribution in [0.15, 0.2) is 0 Å². The number of nitrogens with two attached hydrogens (primary N) is 1. The minimum atomic E-state index is -1.40. The van der Waals surface area contributed by atoms with Crippen LogP contribution in [0.2, 0.25) is 0 Å². The van der Waals surface area contributed by atoms with Crippen molar-refractivity contribution in [2.75, 3.05) is 19.8 Å². The minimum absolute atomic E-state index is 0.0567. The maximum atomic E-state index is 11.5. The second-order valence-electron chi connectivity index (χ2n) is 4.01. The van der Waals surface area contributed by atoms with Crippen LogP contribution in [0.5, 0.6) is 0 Å². The van der Waals surface area contributed by atoms with Gasteiger partial charge in [0.05, 0.1) is 25.9 Å². The summed E-state index contributed by atoms with van der Waals surface area (Å²) in [7, 11) is 0. The number of hydrogen-bond donors (Lipinski definition) is 5. The monoisotopic (exact) mass is 220 g/mol. The molecule has 6 heteroatoms. The molecule has 0 bridgehead atoms. The Morgan fingerprint density at radius 3 is 1.93 bits per heavy atom. The Balaban J connectivity index is 4.48. The van der Waals surface area contributed by atoms with Crippen molar-refractivity contribution in [1.82, 2.24) is 5.32 Å². The van der Waals surface area contributed by atoms with E-state index >= 15 is 0 Å². The summed E-state index contributed by atoms with van der Waals surface area (Å²) >= 11 is 0. The highest BCUT2D eigenvalue weighted by molar-refractivity contribution is 5.82. The highest BCUT2D eigenvalue weighted by Gasteiger charge is 2.32. The SMILES string of the molecule is CC(C)[C@H](N)C(=O)NC(CO)(CO)CO. The summed E-state index contributed by atoms with van der Waals surface area (Å²) in [4.78, 5) is 11.5. The summed E-state index contributed by atoms with van der Waals surface area (Å²) in [6.45, 7) is 1.93. The molecule has 0 aliphatic carbocycles. The average molecular weight is 220 g/mol. The molecule has 0 spiro atoms. The fourth-order valence-electron chi connectivity index (χ4n) is 0.916. The molecule has 0 radical (unpaired) electrons. The van der Waals surface area contributed by atoms with E-state index in [-0.39, 0.29) is 5.92 Å². The van der Waals surface area contributed by atoms with Crippen molar-refractivity contribution in [1.29, 1.82) is 0 Å². The average Bonchev–Trinajstić information content (AvgIpc) is 2.24. The van der Waals surface area contributed by atoms with Crippen LogP contribution in [0.4, 0.5) is 0 Å². The summed E-state index contributed by atoms with van der Waals surface area (Å²) < 4.78 is 0. The lowest BCUT2D eigenvalue weighted by molar-refractivity contribution is -0.127. The van der Waals surface area contributed by atoms with Gasteiger partial charge in [-0.15, -0.1) is 0 Å². The second-order valence-corrected chi connectivity index (χ2v) is 4.01. The molecule has 0 rings (SSSR count). The molecule has 0 aromatic heterocycles. The Labute approximate surface area is 89.1 Å². The van der Waals surface area contributed by atoms with Crippen LogP contribution in [0.3, 0.4) is 0 Å². The van der Waals surface area contributed by atoms with Crippen LogP contribution in [0.1, 0.15) is 13.8 Å². The van der Waals surface area contributed by atoms with E-state index < -0.39 is 37.3 Å². The Hall–Kier alpha value is -0.690. The lowest BCUT2D eigenvalue weighted by Gasteiger charge is -2.30. The number of amides is 1. The number of rotatable bonds is 6. The second kappa shape index (κ2) is 6.02. The summed E-state index contributed by atoms with van der Waals surface area (Å²) in [5.74, 6) is -0.555. The van der Waals surface area contributed by atoms with E-state index in [4.69, 9.17) is 21.1 Å². The molecular weight excluding hydrogens is 200 g/mol. The van der Waals surface area contributed by atoms with Crippen LogP contribution in [-0.4, -0.2) is 52.6 Å². The van der Waals surface area contributed by atoms with E-state index in [1.165, 1.54) is 0 Å². The van der Waals surface area contributed by atoms with E-state index in [1.807, 2.05) is 0 Å². The summed E-state index contributed by atoms with van der Waals surface area (Å²) in [6, 6.07) is -0.728. The van der Waals surface area contributed by atoms with Gasteiger partial charge in [-0.05, 0) is 5.92 Å². The first-order chi connectivity index (χ1) is 6.92. The third-order valence-electron chi connectivity index (χ3n) is 2.32. The van der Waals surface area contributed by atoms with Gasteiger partial charge >= 0.3 is 0 Å². The molecule has 0 unspecified atom stereocenters. The number of carbonyl (C=O) groups excluding carboxylic acids is 1. The molecule has 0 aliphatic rings. The summed E-state index contributed by atoms with van der Waals surface area (Å²) in [5.41, 5.74) is 4.18. The van der Waals surface area contributed by atoms with Crippen molar-refractivity contribution in [2.24, 2.45) is 11.7 Å². The van der Waals surface area contributed by atoms with Crippen molar-refractivity contribution in [3.8, 4) is 0 Å². The zero-order chi connectivity index (χ0) is 12.1. The van der Waals surface area contributed by atoms with Crippen molar-refractivity contribution in [3.05, 3.63) is 0 Å². The number of aliphatic hydroxyl groups excluding tert-OH is 3. The molecule has 0 aromatic rings. The zero-order valence-corrected chi connectivity index (χ0v) is 9.10. The van der Waals surface area contributed by atoms with E-state index in [0.717, 1.165) is 0 Å². The molecule has 0 fully saturated rings. The van der Waals surface area contributed by atoms with E-state index in [2.05, 4.69) is 5.32 Å². The molecule has 1 amide bonds. The van der Waals surface area contributed by atoms with Gasteiger partial charge in [0, 0.05) is 0 Å². The minimum Gasteiger partial charge on any atom is -0.394 e. The molecule has 6 N–H and O–H groups in total. The maximum Gasteiger partial charge on any atom is 0.237 e. The molecule has 15 heavy (non-hydrogen) atoms. The molecule has 0 saturated heterocycles. The topological polar surface area (TPSA) is 116 Å². The van der Waals surface area contributed by atoms with Gasteiger partial charge in [0.15, 0.2) is 0 Å². The fourth-order valence-corrected chi connectivity index (χ4v) is 0.916. The summed E-state index contributed by atoms with van der Waals surface area (Å²) in [6.07, 6.45) is 0. The molecule has 1 atom stereocenters. The van der Waals surface area contributed by atoms with Gasteiger partial charge in [-0.1, -0.05) is 13.8 Å². The predicted octanol–water partition coefficient (Wildman–Crippen LogP) is -2.20. The van der Waals surface area contributed by atoms with Crippen LogP contribution >= 0.6 is 0 Å². The molecule has 0 heterocycles. The summed E-state index contributed by atoms with van der Waals surface area (Å²) in [5, 5.41) is 29.3. The van der Waals surface area contributed by atoms with Gasteiger partial charge in [0.25, 0.3) is 0 Å². The number of hydrogen-bond acceptors (Lipinski definition) is 5. The quantitative estimate of drug-likeness (QED) is 0.348. The number of carbonyl (C=O) groups is 1. The molecule has 0 saturated carbocycles. The third kappa shape index (κ3) is 3.75. The Morgan fingerprint density at radius 2 is 1.67 bits per heavy atom. The Morgan fingerprint density at radius 1 is 1.27 bits per heavy atom. The van der Waals surface area contributed by atoms with Crippen LogP contribution in [-0.2, 0) is 4.79 Å². The highest BCUT2D eigenvalue weighted by atomic mass is 16.3. The molecule has 90 valence electrons. The van der Waals surface area contributed by atoms with Gasteiger partial charge in [-0.2, -0.15) is 0 Å². The van der Waals surface area contributed by atoms with Crippen LogP contribution in [0, 0.1) is 5.92 Å². The largest absolute Gasteiger partial charge is 0.394 e. The predicted molar refractivity (Wildman–Crippen MR) is 54.9 cm³/mol. The lowest BCUT2D eigenvalue weighted by Crippen LogP contribution is -2.60. The van der Waals surface area contributed by atoms with Gasteiger partial charge in [0.1, 0.15) is 5.54 Å². The smallest absolute Gasteiger partial charge is 0.237 e. The highest BCUT2D eigenvalue weighted by Crippen LogP contribution is 2.05. The molecule has 0 aliphatic heterocycles. The van der Waals surface area contributed by atoms with Crippen molar-refractivity contribution < 1.29 is 20.1 Å². The molecule has 6 nitrogen and oxygen atoms in total. The van der Waals surface area contributed by atoms with Crippen molar-refractivity contribution in [3.63, 3.8) is 0 Å². The standard InChI is InChI=1S/C9H20N2O4/c1-6(2)7(10)8(15)11-9(3-12,4-13)5-14/h6-7,12-14H,3-5,10H2,1-2H3,(H,11,15)/t7-/m0/s1. The Kier molecular flexibility index (Phi) is 5.74. The number of aliphatic hydroxyl groups is 3. The van der Waals surface area contributed by atoms with Crippen molar-refractivity contribution in [2.45, 2.75) is 25.4 Å². The molecule has 0 aromatic carbocycles. The van der Waals surface area contributed by atoms with Gasteiger partial charge in [-0.3, -0.25) is 4.79 Å². The lowest BCUT2D eigenvalue weighted by atomic mass is 10.00. The van der Waals surface area contributed by atoms with Crippen LogP contribution < -0.4 is 11.1 Å². The van der Waals surface area contributed by atoms with Gasteiger partial charge < -0.3 is 26.4 Å². The zero-order valence-electron chi connectivity index (χ0n) is 9.10. The first kappa shape index (κ1) is 14.3. The normalized spacial score (nSPS) is 14.1. The van der Waals surface area contributed by atoms with Crippen LogP contribution in [0.25, 0.3) is 0 Å². The van der Waals surface area contributed by atoms with Gasteiger partial charge in [-0.25, -0.2) is 0 Å². The van der Waals surface area contributed by atoms with Gasteiger partial charge in [0.2, 0.25) is 5.91 Å².